The van der Waals surface area contributed by atoms with Crippen LogP contribution < -0.4 is 5.32 Å². The van der Waals surface area contributed by atoms with Gasteiger partial charge in [-0.15, -0.1) is 0 Å². The molecule has 0 aliphatic carbocycles. The largest absolute Gasteiger partial charge is 0.394 e. The van der Waals surface area contributed by atoms with Crippen LogP contribution in [0.2, 0.25) is 0 Å². The van der Waals surface area contributed by atoms with E-state index < -0.39 is 4.92 Å². The van der Waals surface area contributed by atoms with E-state index in [2.05, 4.69) is 10.3 Å². The number of anilines is 1. The molecule has 0 fully saturated rings. The van der Waals surface area contributed by atoms with Crippen molar-refractivity contribution in [3.05, 3.63) is 40.7 Å². The Morgan fingerprint density at radius 2 is 2.10 bits per heavy atom. The molecule has 1 aromatic carbocycles. The summed E-state index contributed by atoms with van der Waals surface area (Å²) < 4.78 is 0. The van der Waals surface area contributed by atoms with Crippen LogP contribution in [0, 0.1) is 16.0 Å². The summed E-state index contributed by atoms with van der Waals surface area (Å²) >= 11 is 0. The predicted octanol–water partition coefficient (Wildman–Crippen LogP) is 2.57. The van der Waals surface area contributed by atoms with Crippen molar-refractivity contribution in [1.29, 1.82) is 0 Å². The summed E-state index contributed by atoms with van der Waals surface area (Å²) in [4.78, 5) is 14.7. The van der Waals surface area contributed by atoms with E-state index in [0.29, 0.717) is 10.8 Å². The third kappa shape index (κ3) is 2.70. The number of fused-ring (bicyclic) bond motifs is 1. The molecule has 0 aliphatic heterocycles. The molecule has 0 saturated heterocycles. The number of pyridine rings is 1. The Bertz CT molecular complexity index is 628. The number of hydrogen-bond acceptors (Lipinski definition) is 5. The molecular weight excluding hydrogens is 258 g/mol. The third-order valence-electron chi connectivity index (χ3n) is 3.33. The molecule has 0 bridgehead atoms. The Morgan fingerprint density at radius 3 is 2.70 bits per heavy atom. The number of nitrogens with one attached hydrogen (secondary N) is 1. The number of nitro groups is 1. The minimum Gasteiger partial charge on any atom is -0.394 e. The number of nitro benzene ring substituents is 1. The molecule has 1 heterocycles. The Hall–Kier alpha value is -2.21. The van der Waals surface area contributed by atoms with Crippen molar-refractivity contribution in [2.24, 2.45) is 5.92 Å². The van der Waals surface area contributed by atoms with Gasteiger partial charge in [0.1, 0.15) is 0 Å². The Labute approximate surface area is 116 Å². The average Bonchev–Trinajstić information content (AvgIpc) is 2.43. The minimum atomic E-state index is -0.405. The summed E-state index contributed by atoms with van der Waals surface area (Å²) in [7, 11) is 0. The molecule has 0 radical (unpaired) electrons. The average molecular weight is 275 g/mol. The lowest BCUT2D eigenvalue weighted by Gasteiger charge is -2.22. The number of rotatable bonds is 5. The maximum atomic E-state index is 11.0. The Kier molecular flexibility index (Phi) is 4.14. The molecule has 0 saturated carbocycles. The zero-order chi connectivity index (χ0) is 14.7. The zero-order valence-electron chi connectivity index (χ0n) is 11.4. The molecular formula is C14H17N3O3. The lowest BCUT2D eigenvalue weighted by molar-refractivity contribution is -0.383. The molecule has 1 aromatic heterocycles. The topological polar surface area (TPSA) is 88.3 Å². The first-order valence-electron chi connectivity index (χ1n) is 6.43. The van der Waals surface area contributed by atoms with Gasteiger partial charge in [0, 0.05) is 29.5 Å². The van der Waals surface area contributed by atoms with E-state index in [-0.39, 0.29) is 24.3 Å². The summed E-state index contributed by atoms with van der Waals surface area (Å²) in [5.74, 6) is 0.238. The quantitative estimate of drug-likeness (QED) is 0.646. The molecule has 0 spiro atoms. The minimum absolute atomic E-state index is 0.00356. The monoisotopic (exact) mass is 275 g/mol. The SMILES string of the molecule is CC(C)C(CO)Nc1ccc([N+](=O)[O-])c2ccncc12. The van der Waals surface area contributed by atoms with Gasteiger partial charge in [-0.25, -0.2) is 0 Å². The lowest BCUT2D eigenvalue weighted by atomic mass is 10.0. The van der Waals surface area contributed by atoms with Crippen LogP contribution in [0.15, 0.2) is 30.6 Å². The molecule has 6 nitrogen and oxygen atoms in total. The highest BCUT2D eigenvalue weighted by molar-refractivity contribution is 5.99. The zero-order valence-corrected chi connectivity index (χ0v) is 11.4. The molecule has 2 aromatic rings. The van der Waals surface area contributed by atoms with Crippen LogP contribution in [0.1, 0.15) is 13.8 Å². The molecule has 106 valence electrons. The molecule has 6 heteroatoms. The van der Waals surface area contributed by atoms with Gasteiger partial charge >= 0.3 is 0 Å². The maximum Gasteiger partial charge on any atom is 0.277 e. The first-order chi connectivity index (χ1) is 9.54. The van der Waals surface area contributed by atoms with Gasteiger partial charge in [0.2, 0.25) is 0 Å². The number of aliphatic hydroxyl groups excluding tert-OH is 1. The van der Waals surface area contributed by atoms with Gasteiger partial charge in [-0.05, 0) is 18.1 Å². The van der Waals surface area contributed by atoms with Gasteiger partial charge in [0.15, 0.2) is 0 Å². The van der Waals surface area contributed by atoms with Gasteiger partial charge in [0.25, 0.3) is 5.69 Å². The number of benzene rings is 1. The Morgan fingerprint density at radius 1 is 1.35 bits per heavy atom. The van der Waals surface area contributed by atoms with Gasteiger partial charge in [-0.1, -0.05) is 13.8 Å². The van der Waals surface area contributed by atoms with E-state index in [4.69, 9.17) is 0 Å². The maximum absolute atomic E-state index is 11.0. The van der Waals surface area contributed by atoms with Gasteiger partial charge in [-0.3, -0.25) is 15.1 Å². The fourth-order valence-corrected chi connectivity index (χ4v) is 2.08. The highest BCUT2D eigenvalue weighted by atomic mass is 16.6. The van der Waals surface area contributed by atoms with Crippen LogP contribution in [0.25, 0.3) is 10.8 Å². The van der Waals surface area contributed by atoms with Crippen LogP contribution in [0.4, 0.5) is 11.4 Å². The molecule has 20 heavy (non-hydrogen) atoms. The van der Waals surface area contributed by atoms with Gasteiger partial charge in [0.05, 0.1) is 23.0 Å². The molecule has 1 unspecified atom stereocenters. The van der Waals surface area contributed by atoms with Crippen molar-refractivity contribution < 1.29 is 10.0 Å². The van der Waals surface area contributed by atoms with E-state index in [1.807, 2.05) is 13.8 Å². The summed E-state index contributed by atoms with van der Waals surface area (Å²) in [6.07, 6.45) is 3.13. The molecule has 0 amide bonds. The van der Waals surface area contributed by atoms with Crippen LogP contribution in [-0.4, -0.2) is 27.7 Å². The summed E-state index contributed by atoms with van der Waals surface area (Å²) in [5.41, 5.74) is 0.796. The number of aliphatic hydroxyl groups is 1. The van der Waals surface area contributed by atoms with E-state index in [0.717, 1.165) is 5.69 Å². The second-order valence-corrected chi connectivity index (χ2v) is 4.99. The van der Waals surface area contributed by atoms with Gasteiger partial charge in [-0.2, -0.15) is 0 Å². The van der Waals surface area contributed by atoms with Crippen molar-refractivity contribution in [2.45, 2.75) is 19.9 Å². The van der Waals surface area contributed by atoms with E-state index >= 15 is 0 Å². The van der Waals surface area contributed by atoms with Gasteiger partial charge < -0.3 is 10.4 Å². The van der Waals surface area contributed by atoms with Crippen molar-refractivity contribution in [3.8, 4) is 0 Å². The van der Waals surface area contributed by atoms with E-state index in [1.165, 1.54) is 12.3 Å². The van der Waals surface area contributed by atoms with E-state index in [1.54, 1.807) is 18.3 Å². The molecule has 1 atom stereocenters. The van der Waals surface area contributed by atoms with Crippen molar-refractivity contribution in [2.75, 3.05) is 11.9 Å². The van der Waals surface area contributed by atoms with E-state index in [9.17, 15) is 15.2 Å². The first-order valence-corrected chi connectivity index (χ1v) is 6.43. The number of hydrogen-bond donors (Lipinski definition) is 2. The summed E-state index contributed by atoms with van der Waals surface area (Å²) in [6.45, 7) is 4.00. The second-order valence-electron chi connectivity index (χ2n) is 4.99. The molecule has 2 N–H and O–H groups in total. The van der Waals surface area contributed by atoms with Crippen molar-refractivity contribution in [1.82, 2.24) is 4.98 Å². The number of nitrogens with zero attached hydrogens (tertiary/aromatic N) is 2. The first kappa shape index (κ1) is 14.2. The van der Waals surface area contributed by atoms with Crippen LogP contribution in [0.3, 0.4) is 0 Å². The van der Waals surface area contributed by atoms with Crippen molar-refractivity contribution in [3.63, 3.8) is 0 Å². The molecule has 0 aliphatic rings. The standard InChI is InChI=1S/C14H17N3O3/c1-9(2)13(8-18)16-12-3-4-14(17(19)20)10-5-6-15-7-11(10)12/h3-7,9,13,16,18H,8H2,1-2H3. The molecule has 2 rings (SSSR count). The highest BCUT2D eigenvalue weighted by Gasteiger charge is 2.17. The normalized spacial score (nSPS) is 12.6. The Balaban J connectivity index is 2.50. The fraction of sp³-hybridized carbons (Fsp3) is 0.357. The predicted molar refractivity (Wildman–Crippen MR) is 77.7 cm³/mol. The van der Waals surface area contributed by atoms with Crippen molar-refractivity contribution >= 4 is 22.1 Å². The fourth-order valence-electron chi connectivity index (χ4n) is 2.08. The summed E-state index contributed by atoms with van der Waals surface area (Å²) in [5, 5.41) is 24.9. The smallest absolute Gasteiger partial charge is 0.277 e. The number of aromatic nitrogens is 1. The van der Waals surface area contributed by atoms with Crippen LogP contribution >= 0.6 is 0 Å². The van der Waals surface area contributed by atoms with Crippen LogP contribution in [0.5, 0.6) is 0 Å². The second kappa shape index (κ2) is 5.83. The third-order valence-corrected chi connectivity index (χ3v) is 3.33. The number of non-ortho nitro benzene ring substituents is 1. The highest BCUT2D eigenvalue weighted by Crippen LogP contribution is 2.31. The summed E-state index contributed by atoms with van der Waals surface area (Å²) in [6, 6.07) is 4.65. The lowest BCUT2D eigenvalue weighted by Crippen LogP contribution is -2.29. The van der Waals surface area contributed by atoms with Crippen LogP contribution in [-0.2, 0) is 0 Å².